The van der Waals surface area contributed by atoms with E-state index in [2.05, 4.69) is 25.0 Å². The number of thiazole rings is 1. The molecule has 5 N–H and O–H groups in total. The summed E-state index contributed by atoms with van der Waals surface area (Å²) in [6.45, 7) is 1.76. The second-order valence-electron chi connectivity index (χ2n) is 6.31. The molecule has 0 radical (unpaired) electrons. The zero-order valence-electron chi connectivity index (χ0n) is 15.8. The number of halogens is 1. The number of thioether (sulfide) groups is 2. The van der Waals surface area contributed by atoms with Gasteiger partial charge in [0.15, 0.2) is 10.8 Å². The zero-order valence-corrected chi connectivity index (χ0v) is 19.8. The van der Waals surface area contributed by atoms with E-state index >= 15 is 0 Å². The second-order valence-corrected chi connectivity index (χ2v) is 11.2. The highest BCUT2D eigenvalue weighted by atomic mass is 35.5. The molecule has 0 bridgehead atoms. The van der Waals surface area contributed by atoms with Crippen molar-refractivity contribution < 1.29 is 24.7 Å². The number of hydrogen-bond acceptors (Lipinski definition) is 13. The van der Waals surface area contributed by atoms with Gasteiger partial charge in [0.05, 0.1) is 5.69 Å². The van der Waals surface area contributed by atoms with Crippen molar-refractivity contribution in [2.24, 2.45) is 5.16 Å². The first-order valence-corrected chi connectivity index (χ1v) is 12.4. The van der Waals surface area contributed by atoms with Crippen LogP contribution >= 0.6 is 58.0 Å². The first-order chi connectivity index (χ1) is 15.2. The molecule has 12 nitrogen and oxygen atoms in total. The van der Waals surface area contributed by atoms with Gasteiger partial charge in [-0.2, -0.15) is 0 Å². The Morgan fingerprint density at radius 3 is 2.75 bits per heavy atom. The van der Waals surface area contributed by atoms with Crippen molar-refractivity contribution in [2.45, 2.75) is 22.5 Å². The predicted octanol–water partition coefficient (Wildman–Crippen LogP) is 1.21. The van der Waals surface area contributed by atoms with Gasteiger partial charge in [0, 0.05) is 10.7 Å². The summed E-state index contributed by atoms with van der Waals surface area (Å²) in [6.07, 6.45) is 0. The molecule has 0 saturated carbocycles. The number of β-lactam (4-membered cyclic amide) rings is 1. The van der Waals surface area contributed by atoms with Gasteiger partial charge in [0.25, 0.3) is 11.8 Å². The number of nitrogen functional groups attached to an aromatic ring is 1. The summed E-state index contributed by atoms with van der Waals surface area (Å²) in [7, 11) is 0. The van der Waals surface area contributed by atoms with E-state index in [1.165, 1.54) is 23.5 Å². The number of carboxylic acids is 1. The maximum Gasteiger partial charge on any atom is 0.353 e. The largest absolute Gasteiger partial charge is 0.477 e. The summed E-state index contributed by atoms with van der Waals surface area (Å²) in [5.41, 5.74) is 5.45. The van der Waals surface area contributed by atoms with E-state index in [1.54, 1.807) is 6.92 Å². The average Bonchev–Trinajstić information content (AvgIpc) is 3.30. The lowest BCUT2D eigenvalue weighted by atomic mass is 10.0. The molecule has 1 saturated heterocycles. The SMILES string of the molecule is Cc1nnsc1SC1=C(C(=O)O)N2C(=O)[C@@H](NC(=O)C(=NO)c3nc(N)sc3Cl)C2SC1. The molecule has 4 heterocycles. The molecular weight excluding hydrogens is 522 g/mol. The van der Waals surface area contributed by atoms with Crippen molar-refractivity contribution in [2.75, 3.05) is 11.5 Å². The molecule has 2 aliphatic heterocycles. The number of amides is 2. The quantitative estimate of drug-likeness (QED) is 0.181. The third-order valence-corrected chi connectivity index (χ3v) is 9.10. The number of aliphatic carboxylic acids is 1. The number of nitrogens with one attached hydrogen (secondary N) is 1. The number of nitrogens with two attached hydrogens (primary N) is 1. The number of oxime groups is 1. The summed E-state index contributed by atoms with van der Waals surface area (Å²) < 4.78 is 4.62. The Morgan fingerprint density at radius 2 is 2.19 bits per heavy atom. The van der Waals surface area contributed by atoms with Crippen LogP contribution in [0, 0.1) is 6.92 Å². The molecule has 168 valence electrons. The van der Waals surface area contributed by atoms with Crippen LogP contribution in [0.15, 0.2) is 20.0 Å². The lowest BCUT2D eigenvalue weighted by Crippen LogP contribution is -2.71. The smallest absolute Gasteiger partial charge is 0.353 e. The number of aromatic nitrogens is 3. The van der Waals surface area contributed by atoms with Crippen LogP contribution in [0.25, 0.3) is 0 Å². The van der Waals surface area contributed by atoms with Crippen molar-refractivity contribution >= 4 is 86.6 Å². The van der Waals surface area contributed by atoms with Gasteiger partial charge in [-0.1, -0.05) is 44.3 Å². The Labute approximate surface area is 201 Å². The van der Waals surface area contributed by atoms with Gasteiger partial charge in [-0.05, 0) is 18.5 Å². The van der Waals surface area contributed by atoms with Crippen LogP contribution in [-0.4, -0.2) is 70.4 Å². The van der Waals surface area contributed by atoms with E-state index in [-0.39, 0.29) is 20.9 Å². The first-order valence-electron chi connectivity index (χ1n) is 8.56. The fraction of sp³-hybridized carbons (Fsp3) is 0.267. The second kappa shape index (κ2) is 8.86. The summed E-state index contributed by atoms with van der Waals surface area (Å²) in [4.78, 5) is 42.8. The molecule has 2 atom stereocenters. The van der Waals surface area contributed by atoms with Crippen molar-refractivity contribution in [3.05, 3.63) is 26.3 Å². The van der Waals surface area contributed by atoms with Gasteiger partial charge in [0.2, 0.25) is 0 Å². The Morgan fingerprint density at radius 1 is 1.44 bits per heavy atom. The molecule has 2 amide bonds. The lowest BCUT2D eigenvalue weighted by Gasteiger charge is -2.49. The number of carboxylic acid groups (broad SMARTS) is 1. The van der Waals surface area contributed by atoms with E-state index in [0.717, 1.165) is 32.0 Å². The standard InChI is InChI=1S/C15H12ClN7O5S4/c1-3-14(32-22-20-3)30-4-2-29-12-7(11(25)23(12)8(4)13(26)27)18-10(24)6(21-28)5-9(16)31-15(17)19-5/h7,12,28H,2H2,1H3,(H2,17,19)(H,18,24)(H,26,27)/t7-,12?/m1/s1. The van der Waals surface area contributed by atoms with Crippen molar-refractivity contribution in [1.29, 1.82) is 0 Å². The lowest BCUT2D eigenvalue weighted by molar-refractivity contribution is -0.150. The topological polar surface area (TPSA) is 184 Å². The molecule has 1 fully saturated rings. The van der Waals surface area contributed by atoms with Crippen LogP contribution < -0.4 is 11.1 Å². The van der Waals surface area contributed by atoms with E-state index < -0.39 is 34.9 Å². The molecular formula is C15H12ClN7O5S4. The molecule has 2 aromatic heterocycles. The molecule has 0 aliphatic carbocycles. The fourth-order valence-electron chi connectivity index (χ4n) is 2.97. The van der Waals surface area contributed by atoms with E-state index in [1.807, 2.05) is 0 Å². The molecule has 1 unspecified atom stereocenters. The number of hydrogen-bond donors (Lipinski definition) is 4. The zero-order chi connectivity index (χ0) is 23.2. The maximum atomic E-state index is 12.8. The number of carbonyl (C=O) groups is 3. The van der Waals surface area contributed by atoms with Gasteiger partial charge in [-0.15, -0.1) is 16.9 Å². The minimum Gasteiger partial charge on any atom is -0.477 e. The summed E-state index contributed by atoms with van der Waals surface area (Å²) >= 11 is 10.5. The molecule has 17 heteroatoms. The third kappa shape index (κ3) is 3.92. The fourth-order valence-corrected chi connectivity index (χ4v) is 7.19. The van der Waals surface area contributed by atoms with E-state index in [0.29, 0.717) is 16.4 Å². The maximum absolute atomic E-state index is 12.8. The number of fused-ring (bicyclic) bond motifs is 1. The van der Waals surface area contributed by atoms with Crippen molar-refractivity contribution in [3.8, 4) is 0 Å². The highest BCUT2D eigenvalue weighted by molar-refractivity contribution is 8.07. The molecule has 32 heavy (non-hydrogen) atoms. The number of nitrogens with zero attached hydrogens (tertiary/aromatic N) is 5. The summed E-state index contributed by atoms with van der Waals surface area (Å²) in [6, 6.07) is -1.02. The van der Waals surface area contributed by atoms with E-state index in [4.69, 9.17) is 17.3 Å². The number of anilines is 1. The van der Waals surface area contributed by atoms with Gasteiger partial charge in [-0.3, -0.25) is 14.5 Å². The molecule has 2 aliphatic rings. The summed E-state index contributed by atoms with van der Waals surface area (Å²) in [5.74, 6) is -2.45. The molecule has 2 aromatic rings. The van der Waals surface area contributed by atoms with Crippen LogP contribution in [0.3, 0.4) is 0 Å². The number of rotatable bonds is 6. The van der Waals surface area contributed by atoms with Gasteiger partial charge >= 0.3 is 5.97 Å². The van der Waals surface area contributed by atoms with Crippen LogP contribution in [0.2, 0.25) is 4.34 Å². The van der Waals surface area contributed by atoms with Crippen LogP contribution in [-0.2, 0) is 14.4 Å². The average molecular weight is 534 g/mol. The summed E-state index contributed by atoms with van der Waals surface area (Å²) in [5, 5.41) is 27.8. The van der Waals surface area contributed by atoms with Crippen LogP contribution in [0.1, 0.15) is 11.4 Å². The monoisotopic (exact) mass is 533 g/mol. The predicted molar refractivity (Wildman–Crippen MR) is 120 cm³/mol. The van der Waals surface area contributed by atoms with Crippen molar-refractivity contribution in [3.63, 3.8) is 0 Å². The highest BCUT2D eigenvalue weighted by Crippen LogP contribution is 2.46. The molecule has 0 spiro atoms. The Balaban J connectivity index is 1.54. The van der Waals surface area contributed by atoms with Crippen molar-refractivity contribution in [1.82, 2.24) is 24.8 Å². The Kier molecular flexibility index (Phi) is 6.30. The minimum absolute atomic E-state index is 0.0460. The van der Waals surface area contributed by atoms with Gasteiger partial charge in [0.1, 0.15) is 31.4 Å². The normalized spacial score (nSPS) is 20.8. The van der Waals surface area contributed by atoms with Gasteiger partial charge < -0.3 is 21.4 Å². The highest BCUT2D eigenvalue weighted by Gasteiger charge is 2.54. The molecule has 4 rings (SSSR count). The number of carbonyl (C=O) groups excluding carboxylic acids is 2. The third-order valence-electron chi connectivity index (χ3n) is 4.39. The first kappa shape index (κ1) is 22.8. The minimum atomic E-state index is -1.26. The van der Waals surface area contributed by atoms with Crippen LogP contribution in [0.5, 0.6) is 0 Å². The molecule has 0 aromatic carbocycles. The Bertz CT molecular complexity index is 1190. The van der Waals surface area contributed by atoms with Crippen LogP contribution in [0.4, 0.5) is 5.13 Å². The van der Waals surface area contributed by atoms with E-state index in [9.17, 15) is 24.7 Å². The Hall–Kier alpha value is -2.40. The number of aryl methyl sites for hydroxylation is 1. The van der Waals surface area contributed by atoms with Gasteiger partial charge in [-0.25, -0.2) is 9.78 Å².